The molecule has 0 bridgehead atoms. The Kier molecular flexibility index (Phi) is 6.84. The van der Waals surface area contributed by atoms with Crippen molar-refractivity contribution >= 4 is 6.03 Å². The van der Waals surface area contributed by atoms with Crippen LogP contribution < -0.4 is 15.4 Å². The average Bonchev–Trinajstić information content (AvgIpc) is 2.65. The van der Waals surface area contributed by atoms with Crippen LogP contribution in [0.4, 0.5) is 4.79 Å². The third kappa shape index (κ3) is 6.34. The van der Waals surface area contributed by atoms with Crippen molar-refractivity contribution in [2.75, 3.05) is 13.2 Å². The molecule has 5 nitrogen and oxygen atoms in total. The second kappa shape index (κ2) is 9.09. The van der Waals surface area contributed by atoms with Gasteiger partial charge in [0.15, 0.2) is 0 Å². The Bertz CT molecular complexity index is 784. The summed E-state index contributed by atoms with van der Waals surface area (Å²) in [5.74, 6) is 0.788. The molecule has 2 N–H and O–H groups in total. The van der Waals surface area contributed by atoms with Crippen molar-refractivity contribution in [2.45, 2.75) is 39.2 Å². The van der Waals surface area contributed by atoms with Gasteiger partial charge in [0.1, 0.15) is 12.4 Å². The first-order valence-electron chi connectivity index (χ1n) is 9.07. The molecular weight excluding hydrogens is 338 g/mol. The van der Waals surface area contributed by atoms with Gasteiger partial charge in [0.25, 0.3) is 0 Å². The number of hydrogen-bond donors (Lipinski definition) is 2. The monoisotopic (exact) mass is 365 g/mol. The fraction of sp³-hybridized carbons (Fsp3) is 0.364. The quantitative estimate of drug-likeness (QED) is 0.750. The van der Waals surface area contributed by atoms with E-state index in [-0.39, 0.29) is 17.5 Å². The first-order chi connectivity index (χ1) is 12.8. The summed E-state index contributed by atoms with van der Waals surface area (Å²) in [6, 6.07) is 16.9. The Morgan fingerprint density at radius 1 is 1.11 bits per heavy atom. The smallest absolute Gasteiger partial charge is 0.315 e. The second-order valence-electron chi connectivity index (χ2n) is 7.48. The largest absolute Gasteiger partial charge is 0.492 e. The number of carbonyl (C=O) groups excluding carboxylic acids is 1. The third-order valence-corrected chi connectivity index (χ3v) is 4.26. The molecule has 0 aliphatic rings. The molecule has 0 saturated carbocycles. The van der Waals surface area contributed by atoms with Gasteiger partial charge in [-0.3, -0.25) is 0 Å². The first-order valence-corrected chi connectivity index (χ1v) is 9.07. The molecular formula is C22H27N3O2. The summed E-state index contributed by atoms with van der Waals surface area (Å²) in [5, 5.41) is 14.5. The van der Waals surface area contributed by atoms with E-state index < -0.39 is 0 Å². The van der Waals surface area contributed by atoms with Crippen LogP contribution in [0.5, 0.6) is 5.75 Å². The fourth-order valence-electron chi connectivity index (χ4n) is 2.56. The molecule has 2 rings (SSSR count). The molecule has 2 amide bonds. The molecule has 1 unspecified atom stereocenters. The fourth-order valence-corrected chi connectivity index (χ4v) is 2.56. The number of urea groups is 1. The van der Waals surface area contributed by atoms with E-state index in [4.69, 9.17) is 10.00 Å². The molecule has 1 atom stereocenters. The summed E-state index contributed by atoms with van der Waals surface area (Å²) in [6.45, 7) is 9.22. The third-order valence-electron chi connectivity index (χ3n) is 4.26. The number of ether oxygens (including phenoxy) is 1. The zero-order valence-electron chi connectivity index (χ0n) is 16.4. The van der Waals surface area contributed by atoms with Crippen molar-refractivity contribution < 1.29 is 9.53 Å². The average molecular weight is 365 g/mol. The molecule has 0 fully saturated rings. The highest BCUT2D eigenvalue weighted by atomic mass is 16.5. The lowest BCUT2D eigenvalue weighted by Gasteiger charge is -2.19. The van der Waals surface area contributed by atoms with Crippen molar-refractivity contribution in [3.05, 3.63) is 65.2 Å². The number of nitrogens with one attached hydrogen (secondary N) is 2. The molecule has 0 heterocycles. The van der Waals surface area contributed by atoms with Gasteiger partial charge in [0.2, 0.25) is 0 Å². The lowest BCUT2D eigenvalue weighted by molar-refractivity contribution is 0.233. The van der Waals surface area contributed by atoms with Crippen LogP contribution in [0.2, 0.25) is 0 Å². The molecule has 5 heteroatoms. The zero-order chi connectivity index (χ0) is 19.9. The molecule has 0 spiro atoms. The summed E-state index contributed by atoms with van der Waals surface area (Å²) in [6.07, 6.45) is 0. The summed E-state index contributed by atoms with van der Waals surface area (Å²) >= 11 is 0. The normalized spacial score (nSPS) is 12.0. The minimum absolute atomic E-state index is 0.115. The van der Waals surface area contributed by atoms with Crippen molar-refractivity contribution in [2.24, 2.45) is 0 Å². The molecule has 142 valence electrons. The Labute approximate surface area is 161 Å². The lowest BCUT2D eigenvalue weighted by Crippen LogP contribution is -2.38. The number of carbonyl (C=O) groups is 1. The summed E-state index contributed by atoms with van der Waals surface area (Å²) in [4.78, 5) is 12.0. The number of amides is 2. The van der Waals surface area contributed by atoms with Crippen molar-refractivity contribution in [3.63, 3.8) is 0 Å². The van der Waals surface area contributed by atoms with Crippen LogP contribution in [-0.2, 0) is 5.41 Å². The highest BCUT2D eigenvalue weighted by Crippen LogP contribution is 2.24. The van der Waals surface area contributed by atoms with Crippen molar-refractivity contribution in [1.29, 1.82) is 5.26 Å². The Hall–Kier alpha value is -3.00. The molecule has 2 aromatic carbocycles. The Morgan fingerprint density at radius 3 is 2.30 bits per heavy atom. The molecule has 0 aromatic heterocycles. The minimum atomic E-state index is -0.251. The maximum Gasteiger partial charge on any atom is 0.315 e. The van der Waals surface area contributed by atoms with Crippen molar-refractivity contribution in [1.82, 2.24) is 10.6 Å². The number of rotatable bonds is 6. The number of nitriles is 1. The predicted octanol–water partition coefficient (Wildman–Crippen LogP) is 4.29. The number of nitrogens with zero attached hydrogens (tertiary/aromatic N) is 1. The molecule has 27 heavy (non-hydrogen) atoms. The van der Waals surface area contributed by atoms with Crippen LogP contribution in [0, 0.1) is 11.3 Å². The number of hydrogen-bond acceptors (Lipinski definition) is 3. The summed E-state index contributed by atoms with van der Waals surface area (Å²) in [7, 11) is 0. The van der Waals surface area contributed by atoms with E-state index in [0.717, 1.165) is 11.3 Å². The van der Waals surface area contributed by atoms with E-state index in [1.165, 1.54) is 5.56 Å². The van der Waals surface area contributed by atoms with E-state index in [0.29, 0.717) is 18.7 Å². The molecule has 0 saturated heterocycles. The minimum Gasteiger partial charge on any atom is -0.492 e. The summed E-state index contributed by atoms with van der Waals surface area (Å²) in [5.41, 5.74) is 2.91. The number of benzene rings is 2. The van der Waals surface area contributed by atoms with Crippen LogP contribution in [0.1, 0.15) is 50.4 Å². The highest BCUT2D eigenvalue weighted by Gasteiger charge is 2.13. The standard InChI is InChI=1S/C22H27N3O2/c1-16(18-7-5-17(15-23)6-8-18)25-21(26)24-13-14-27-20-11-9-19(10-12-20)22(2,3)4/h5-12,16H,13-14H2,1-4H3,(H2,24,25,26). The molecule has 0 radical (unpaired) electrons. The van der Waals surface area contributed by atoms with Crippen LogP contribution in [0.15, 0.2) is 48.5 Å². The predicted molar refractivity (Wildman–Crippen MR) is 107 cm³/mol. The molecule has 2 aromatic rings. The van der Waals surface area contributed by atoms with E-state index >= 15 is 0 Å². The van der Waals surface area contributed by atoms with Gasteiger partial charge in [0, 0.05) is 0 Å². The molecule has 0 aliphatic heterocycles. The second-order valence-corrected chi connectivity index (χ2v) is 7.48. The van der Waals surface area contributed by atoms with Crippen molar-refractivity contribution in [3.8, 4) is 11.8 Å². The lowest BCUT2D eigenvalue weighted by atomic mass is 9.87. The first kappa shape index (κ1) is 20.3. The SMILES string of the molecule is CC(NC(=O)NCCOc1ccc(C(C)(C)C)cc1)c1ccc(C#N)cc1. The van der Waals surface area contributed by atoms with Crippen LogP contribution in [0.3, 0.4) is 0 Å². The maximum absolute atomic E-state index is 12.0. The van der Waals surface area contributed by atoms with Gasteiger partial charge in [0.05, 0.1) is 24.2 Å². The van der Waals surface area contributed by atoms with E-state index in [1.807, 2.05) is 31.2 Å². The van der Waals surface area contributed by atoms with Gasteiger partial charge < -0.3 is 15.4 Å². The van der Waals surface area contributed by atoms with Gasteiger partial charge in [-0.2, -0.15) is 5.26 Å². The van der Waals surface area contributed by atoms with Crippen LogP contribution in [-0.4, -0.2) is 19.2 Å². The van der Waals surface area contributed by atoms with E-state index in [9.17, 15) is 4.79 Å². The van der Waals surface area contributed by atoms with Gasteiger partial charge in [-0.15, -0.1) is 0 Å². The van der Waals surface area contributed by atoms with Gasteiger partial charge in [-0.05, 0) is 47.7 Å². The Balaban J connectivity index is 1.72. The molecule has 0 aliphatic carbocycles. The van der Waals surface area contributed by atoms with Gasteiger partial charge in [-0.25, -0.2) is 4.79 Å². The topological polar surface area (TPSA) is 74.2 Å². The maximum atomic E-state index is 12.0. The Morgan fingerprint density at radius 2 is 1.74 bits per heavy atom. The van der Waals surface area contributed by atoms with Crippen LogP contribution in [0.25, 0.3) is 0 Å². The van der Waals surface area contributed by atoms with Gasteiger partial charge >= 0.3 is 6.03 Å². The van der Waals surface area contributed by atoms with E-state index in [1.54, 1.807) is 12.1 Å². The highest BCUT2D eigenvalue weighted by molar-refractivity contribution is 5.74. The zero-order valence-corrected chi connectivity index (χ0v) is 16.4. The van der Waals surface area contributed by atoms with E-state index in [2.05, 4.69) is 49.6 Å². The van der Waals surface area contributed by atoms with Crippen LogP contribution >= 0.6 is 0 Å². The summed E-state index contributed by atoms with van der Waals surface area (Å²) < 4.78 is 5.67. The van der Waals surface area contributed by atoms with Gasteiger partial charge in [-0.1, -0.05) is 45.0 Å².